The van der Waals surface area contributed by atoms with E-state index in [1.54, 1.807) is 0 Å². The summed E-state index contributed by atoms with van der Waals surface area (Å²) in [6.07, 6.45) is 8.64. The van der Waals surface area contributed by atoms with Crippen LogP contribution >= 0.6 is 0 Å². The highest BCUT2D eigenvalue weighted by Gasteiger charge is 2.38. The Morgan fingerprint density at radius 1 is 0.438 bits per heavy atom. The van der Waals surface area contributed by atoms with Crippen LogP contribution in [0.3, 0.4) is 0 Å². The summed E-state index contributed by atoms with van der Waals surface area (Å²) in [4.78, 5) is 0. The average Bonchev–Trinajstić information content (AvgIpc) is 3.02. The highest BCUT2D eigenvalue weighted by molar-refractivity contribution is 6.49. The molecule has 0 amide bonds. The second-order valence-corrected chi connectivity index (χ2v) is 7.88. The molecule has 0 unspecified atom stereocenters. The lowest BCUT2D eigenvalue weighted by molar-refractivity contribution is 0.336. The van der Waals surface area contributed by atoms with Crippen molar-refractivity contribution in [1.82, 2.24) is 13.7 Å². The summed E-state index contributed by atoms with van der Waals surface area (Å²) in [7, 11) is -0.478. The monoisotopic (exact) mass is 238 g/mol. The quantitative estimate of drug-likeness (QED) is 0.686. The van der Waals surface area contributed by atoms with Crippen molar-refractivity contribution in [2.45, 2.75) is 38.5 Å². The summed E-state index contributed by atoms with van der Waals surface area (Å²) in [6.45, 7) is 8.26. The molecule has 1 radical (unpaired) electrons. The minimum absolute atomic E-state index is 0.478. The van der Waals surface area contributed by atoms with Gasteiger partial charge in [-0.3, -0.25) is 13.7 Å². The van der Waals surface area contributed by atoms with Crippen LogP contribution in [0.5, 0.6) is 0 Å². The molecule has 3 heterocycles. The first-order valence-corrected chi connectivity index (χ1v) is 8.41. The molecular weight excluding hydrogens is 214 g/mol. The number of hydrogen-bond acceptors (Lipinski definition) is 3. The van der Waals surface area contributed by atoms with Gasteiger partial charge in [0.05, 0.1) is 0 Å². The van der Waals surface area contributed by atoms with Crippen molar-refractivity contribution in [3.8, 4) is 0 Å². The third-order valence-electron chi connectivity index (χ3n) is 4.17. The fraction of sp³-hybridized carbons (Fsp3) is 1.00. The van der Waals surface area contributed by atoms with Crippen molar-refractivity contribution < 1.29 is 0 Å². The zero-order valence-corrected chi connectivity index (χ0v) is 11.3. The van der Waals surface area contributed by atoms with Gasteiger partial charge in [0.2, 0.25) is 0 Å². The SMILES string of the molecule is C1CCN([Si](N2CCCC2)N2CCCC2)C1. The summed E-state index contributed by atoms with van der Waals surface area (Å²) in [5, 5.41) is 0. The number of hydrogen-bond donors (Lipinski definition) is 0. The van der Waals surface area contributed by atoms with Crippen LogP contribution in [-0.2, 0) is 0 Å². The maximum absolute atomic E-state index is 2.83. The Morgan fingerprint density at radius 2 is 0.688 bits per heavy atom. The molecule has 3 saturated heterocycles. The van der Waals surface area contributed by atoms with E-state index in [-0.39, 0.29) is 0 Å². The molecule has 0 atom stereocenters. The normalized spacial score (nSPS) is 29.8. The molecule has 3 rings (SSSR count). The maximum atomic E-state index is 2.83. The van der Waals surface area contributed by atoms with E-state index in [0.717, 1.165) is 0 Å². The molecule has 0 N–H and O–H groups in total. The summed E-state index contributed by atoms with van der Waals surface area (Å²) in [6, 6.07) is 0. The van der Waals surface area contributed by atoms with E-state index in [1.807, 2.05) is 0 Å². The topological polar surface area (TPSA) is 9.72 Å². The van der Waals surface area contributed by atoms with Crippen molar-refractivity contribution in [2.75, 3.05) is 39.3 Å². The van der Waals surface area contributed by atoms with Crippen LogP contribution in [0.2, 0.25) is 0 Å². The van der Waals surface area contributed by atoms with E-state index >= 15 is 0 Å². The Bertz CT molecular complexity index is 180. The fourth-order valence-corrected chi connectivity index (χ4v) is 6.70. The van der Waals surface area contributed by atoms with Gasteiger partial charge in [-0.05, 0) is 77.8 Å². The van der Waals surface area contributed by atoms with Crippen molar-refractivity contribution in [1.29, 1.82) is 0 Å². The maximum Gasteiger partial charge on any atom is 0.327 e. The molecule has 91 valence electrons. The third-order valence-corrected chi connectivity index (χ3v) is 7.21. The Hall–Kier alpha value is 0.0969. The largest absolute Gasteiger partial charge is 0.327 e. The molecule has 0 aromatic heterocycles. The third kappa shape index (κ3) is 2.21. The first kappa shape index (κ1) is 11.2. The van der Waals surface area contributed by atoms with Gasteiger partial charge in [-0.15, -0.1) is 0 Å². The summed E-state index contributed by atoms with van der Waals surface area (Å²) >= 11 is 0. The summed E-state index contributed by atoms with van der Waals surface area (Å²) in [5.41, 5.74) is 0. The molecule has 0 bridgehead atoms. The molecule has 4 heteroatoms. The van der Waals surface area contributed by atoms with Crippen LogP contribution in [0.4, 0.5) is 0 Å². The Balaban J connectivity index is 1.70. The lowest BCUT2D eigenvalue weighted by atomic mass is 10.4. The second kappa shape index (κ2) is 5.17. The van der Waals surface area contributed by atoms with E-state index in [2.05, 4.69) is 13.7 Å². The molecule has 0 aromatic carbocycles. The smallest absolute Gasteiger partial charge is 0.299 e. The molecular formula is C12H24N3Si. The van der Waals surface area contributed by atoms with Crippen molar-refractivity contribution in [3.05, 3.63) is 0 Å². The van der Waals surface area contributed by atoms with E-state index in [1.165, 1.54) is 77.8 Å². The second-order valence-electron chi connectivity index (χ2n) is 5.38. The fourth-order valence-electron chi connectivity index (χ4n) is 3.35. The molecule has 16 heavy (non-hydrogen) atoms. The van der Waals surface area contributed by atoms with Gasteiger partial charge in [-0.2, -0.15) is 0 Å². The zero-order chi connectivity index (χ0) is 10.8. The standard InChI is InChI=1S/C12H24N3Si/c1-2-8-13(7-1)16(14-9-3-4-10-14)15-11-5-6-12-15/h1-12H2. The first-order chi connectivity index (χ1) is 7.95. The lowest BCUT2D eigenvalue weighted by Gasteiger charge is -2.37. The Kier molecular flexibility index (Phi) is 3.62. The highest BCUT2D eigenvalue weighted by Crippen LogP contribution is 2.22. The van der Waals surface area contributed by atoms with Gasteiger partial charge in [0, 0.05) is 0 Å². The molecule has 3 fully saturated rings. The Morgan fingerprint density at radius 3 is 0.938 bits per heavy atom. The average molecular weight is 238 g/mol. The minimum Gasteiger partial charge on any atom is -0.299 e. The van der Waals surface area contributed by atoms with Gasteiger partial charge in [0.15, 0.2) is 0 Å². The predicted octanol–water partition coefficient (Wildman–Crippen LogP) is 1.26. The highest BCUT2D eigenvalue weighted by atomic mass is 28.3. The molecule has 0 aliphatic carbocycles. The van der Waals surface area contributed by atoms with Crippen LogP contribution in [0.25, 0.3) is 0 Å². The van der Waals surface area contributed by atoms with Gasteiger partial charge in [-0.1, -0.05) is 0 Å². The van der Waals surface area contributed by atoms with Crippen LogP contribution in [0.1, 0.15) is 38.5 Å². The van der Waals surface area contributed by atoms with Gasteiger partial charge < -0.3 is 0 Å². The molecule has 0 aromatic rings. The van der Waals surface area contributed by atoms with Crippen molar-refractivity contribution in [2.24, 2.45) is 0 Å². The van der Waals surface area contributed by atoms with Gasteiger partial charge >= 0.3 is 9.28 Å². The molecule has 3 aliphatic heterocycles. The predicted molar refractivity (Wildman–Crippen MR) is 68.2 cm³/mol. The van der Waals surface area contributed by atoms with Crippen LogP contribution in [-0.4, -0.2) is 62.2 Å². The zero-order valence-electron chi connectivity index (χ0n) is 10.3. The molecule has 0 saturated carbocycles. The Labute approximate surface area is 101 Å². The van der Waals surface area contributed by atoms with Crippen LogP contribution < -0.4 is 0 Å². The summed E-state index contributed by atoms with van der Waals surface area (Å²) < 4.78 is 8.50. The van der Waals surface area contributed by atoms with Crippen molar-refractivity contribution in [3.63, 3.8) is 0 Å². The number of nitrogens with zero attached hydrogens (tertiary/aromatic N) is 3. The van der Waals surface area contributed by atoms with Gasteiger partial charge in [0.25, 0.3) is 0 Å². The van der Waals surface area contributed by atoms with Crippen LogP contribution in [0, 0.1) is 0 Å². The van der Waals surface area contributed by atoms with E-state index in [0.29, 0.717) is 0 Å². The number of rotatable bonds is 3. The van der Waals surface area contributed by atoms with Gasteiger partial charge in [0.1, 0.15) is 0 Å². The van der Waals surface area contributed by atoms with Crippen LogP contribution in [0.15, 0.2) is 0 Å². The molecule has 3 nitrogen and oxygen atoms in total. The van der Waals surface area contributed by atoms with Gasteiger partial charge in [-0.25, -0.2) is 0 Å². The first-order valence-electron chi connectivity index (χ1n) is 7.07. The molecule has 3 aliphatic rings. The van der Waals surface area contributed by atoms with E-state index in [9.17, 15) is 0 Å². The minimum atomic E-state index is -0.478. The van der Waals surface area contributed by atoms with Crippen molar-refractivity contribution >= 4 is 9.28 Å². The van der Waals surface area contributed by atoms with E-state index < -0.39 is 9.28 Å². The molecule has 0 spiro atoms. The lowest BCUT2D eigenvalue weighted by Crippen LogP contribution is -2.60. The summed E-state index contributed by atoms with van der Waals surface area (Å²) in [5.74, 6) is 0. The van der Waals surface area contributed by atoms with E-state index in [4.69, 9.17) is 0 Å².